The summed E-state index contributed by atoms with van der Waals surface area (Å²) in [6.45, 7) is 0.545. The number of carbonyl (C=O) groups is 1. The van der Waals surface area contributed by atoms with Crippen molar-refractivity contribution in [2.75, 3.05) is 5.32 Å². The standard InChI is InChI=1S/C20H14F2N4O/c21-17-6-7-19(18(22)9-17)25-20(27)16(10-23)8-15-11-24-26(13-15)12-14-4-2-1-3-5-14/h1-9,11,13H,12H2,(H,25,27)/b16-8+. The number of hydrogen-bond acceptors (Lipinski definition) is 3. The summed E-state index contributed by atoms with van der Waals surface area (Å²) in [5.74, 6) is -2.47. The molecule has 0 aliphatic rings. The van der Waals surface area contributed by atoms with Gasteiger partial charge >= 0.3 is 0 Å². The third kappa shape index (κ3) is 4.64. The lowest BCUT2D eigenvalue weighted by Gasteiger charge is -2.05. The van der Waals surface area contributed by atoms with Crippen molar-refractivity contribution in [3.8, 4) is 6.07 Å². The summed E-state index contributed by atoms with van der Waals surface area (Å²) in [5, 5.41) is 15.7. The molecule has 0 spiro atoms. The monoisotopic (exact) mass is 364 g/mol. The summed E-state index contributed by atoms with van der Waals surface area (Å²) in [5.41, 5.74) is 1.18. The van der Waals surface area contributed by atoms with E-state index >= 15 is 0 Å². The van der Waals surface area contributed by atoms with E-state index in [1.165, 1.54) is 12.3 Å². The second-order valence-corrected chi connectivity index (χ2v) is 5.70. The number of carbonyl (C=O) groups excluding carboxylic acids is 1. The van der Waals surface area contributed by atoms with Crippen molar-refractivity contribution in [1.82, 2.24) is 9.78 Å². The molecule has 7 heteroatoms. The van der Waals surface area contributed by atoms with E-state index in [0.29, 0.717) is 18.2 Å². The van der Waals surface area contributed by atoms with E-state index < -0.39 is 17.5 Å². The average molecular weight is 364 g/mol. The molecular weight excluding hydrogens is 350 g/mol. The van der Waals surface area contributed by atoms with E-state index in [2.05, 4.69) is 10.4 Å². The highest BCUT2D eigenvalue weighted by Gasteiger charge is 2.13. The molecule has 1 heterocycles. The third-order valence-electron chi connectivity index (χ3n) is 3.70. The van der Waals surface area contributed by atoms with Gasteiger partial charge in [-0.2, -0.15) is 10.4 Å². The highest BCUT2D eigenvalue weighted by molar-refractivity contribution is 6.09. The number of nitrogens with zero attached hydrogens (tertiary/aromatic N) is 3. The molecule has 0 aliphatic carbocycles. The van der Waals surface area contributed by atoms with Crippen LogP contribution in [0.4, 0.5) is 14.5 Å². The fourth-order valence-corrected chi connectivity index (χ4v) is 2.41. The number of hydrogen-bond donors (Lipinski definition) is 1. The van der Waals surface area contributed by atoms with E-state index in [1.54, 1.807) is 16.9 Å². The minimum atomic E-state index is -0.920. The van der Waals surface area contributed by atoms with Gasteiger partial charge in [-0.05, 0) is 23.8 Å². The van der Waals surface area contributed by atoms with Crippen molar-refractivity contribution < 1.29 is 13.6 Å². The second kappa shape index (κ2) is 8.06. The van der Waals surface area contributed by atoms with Gasteiger partial charge in [-0.1, -0.05) is 30.3 Å². The third-order valence-corrected chi connectivity index (χ3v) is 3.70. The highest BCUT2D eigenvalue weighted by atomic mass is 19.1. The zero-order valence-electron chi connectivity index (χ0n) is 14.1. The summed E-state index contributed by atoms with van der Waals surface area (Å²) in [6.07, 6.45) is 4.56. The number of rotatable bonds is 5. The number of benzene rings is 2. The van der Waals surface area contributed by atoms with Gasteiger partial charge in [-0.25, -0.2) is 8.78 Å². The van der Waals surface area contributed by atoms with Gasteiger partial charge in [0.25, 0.3) is 5.91 Å². The van der Waals surface area contributed by atoms with Crippen LogP contribution >= 0.6 is 0 Å². The van der Waals surface area contributed by atoms with Crippen LogP contribution in [0, 0.1) is 23.0 Å². The molecule has 3 rings (SSSR count). The van der Waals surface area contributed by atoms with Gasteiger partial charge in [0.1, 0.15) is 23.3 Å². The number of anilines is 1. The molecule has 0 unspecified atom stereocenters. The lowest BCUT2D eigenvalue weighted by molar-refractivity contribution is -0.112. The minimum Gasteiger partial charge on any atom is -0.319 e. The first kappa shape index (κ1) is 18.0. The maximum Gasteiger partial charge on any atom is 0.266 e. The number of aromatic nitrogens is 2. The Morgan fingerprint density at radius 1 is 1.22 bits per heavy atom. The number of nitriles is 1. The average Bonchev–Trinajstić information content (AvgIpc) is 3.09. The molecule has 0 aliphatic heterocycles. The Kier molecular flexibility index (Phi) is 5.38. The van der Waals surface area contributed by atoms with Crippen LogP contribution in [0.15, 0.2) is 66.5 Å². The van der Waals surface area contributed by atoms with Crippen LogP contribution in [-0.4, -0.2) is 15.7 Å². The Balaban J connectivity index is 1.74. The Bertz CT molecular complexity index is 1040. The van der Waals surface area contributed by atoms with E-state index in [1.807, 2.05) is 30.3 Å². The normalized spacial score (nSPS) is 11.1. The van der Waals surface area contributed by atoms with Gasteiger partial charge < -0.3 is 5.32 Å². The van der Waals surface area contributed by atoms with Crippen molar-refractivity contribution in [3.63, 3.8) is 0 Å². The summed E-state index contributed by atoms with van der Waals surface area (Å²) in [6, 6.07) is 14.2. The first-order chi connectivity index (χ1) is 13.0. The fraction of sp³-hybridized carbons (Fsp3) is 0.0500. The van der Waals surface area contributed by atoms with E-state index in [4.69, 9.17) is 0 Å². The molecule has 27 heavy (non-hydrogen) atoms. The van der Waals surface area contributed by atoms with Crippen molar-refractivity contribution in [2.45, 2.75) is 6.54 Å². The highest BCUT2D eigenvalue weighted by Crippen LogP contribution is 2.16. The summed E-state index contributed by atoms with van der Waals surface area (Å²) >= 11 is 0. The zero-order chi connectivity index (χ0) is 19.2. The van der Waals surface area contributed by atoms with Crippen LogP contribution in [0.1, 0.15) is 11.1 Å². The van der Waals surface area contributed by atoms with Crippen LogP contribution in [0.25, 0.3) is 6.08 Å². The molecular formula is C20H14F2N4O. The van der Waals surface area contributed by atoms with Crippen LogP contribution in [0.2, 0.25) is 0 Å². The van der Waals surface area contributed by atoms with Gasteiger partial charge in [-0.3, -0.25) is 9.48 Å². The van der Waals surface area contributed by atoms with Crippen LogP contribution < -0.4 is 5.32 Å². The van der Waals surface area contributed by atoms with E-state index in [-0.39, 0.29) is 11.3 Å². The Labute approximate surface area is 154 Å². The lowest BCUT2D eigenvalue weighted by atomic mass is 10.2. The number of nitrogens with one attached hydrogen (secondary N) is 1. The maximum atomic E-state index is 13.6. The molecule has 2 aromatic carbocycles. The summed E-state index contributed by atoms with van der Waals surface area (Å²) in [4.78, 5) is 12.2. The SMILES string of the molecule is N#C/C(=C\c1cnn(Cc2ccccc2)c1)C(=O)Nc1ccc(F)cc1F. The van der Waals surface area contributed by atoms with Gasteiger partial charge in [0.2, 0.25) is 0 Å². The van der Waals surface area contributed by atoms with Gasteiger partial charge in [0.15, 0.2) is 0 Å². The lowest BCUT2D eigenvalue weighted by Crippen LogP contribution is -2.14. The van der Waals surface area contributed by atoms with Gasteiger partial charge in [-0.15, -0.1) is 0 Å². The predicted octanol–water partition coefficient (Wildman–Crippen LogP) is 3.76. The van der Waals surface area contributed by atoms with Crippen molar-refractivity contribution in [1.29, 1.82) is 5.26 Å². The molecule has 0 bridgehead atoms. The molecule has 0 fully saturated rings. The molecule has 0 radical (unpaired) electrons. The van der Waals surface area contributed by atoms with Gasteiger partial charge in [0, 0.05) is 17.8 Å². The van der Waals surface area contributed by atoms with E-state index in [9.17, 15) is 18.8 Å². The molecule has 0 saturated heterocycles. The van der Waals surface area contributed by atoms with Crippen LogP contribution in [0.5, 0.6) is 0 Å². The molecule has 0 saturated carbocycles. The Hall–Kier alpha value is -3.79. The fourth-order valence-electron chi connectivity index (χ4n) is 2.41. The van der Waals surface area contributed by atoms with E-state index in [0.717, 1.165) is 17.7 Å². The zero-order valence-corrected chi connectivity index (χ0v) is 14.1. The van der Waals surface area contributed by atoms with Crippen LogP contribution in [-0.2, 0) is 11.3 Å². The minimum absolute atomic E-state index is 0.206. The molecule has 1 N–H and O–H groups in total. The predicted molar refractivity (Wildman–Crippen MR) is 96.3 cm³/mol. The molecule has 0 atom stereocenters. The maximum absolute atomic E-state index is 13.6. The Morgan fingerprint density at radius 3 is 2.70 bits per heavy atom. The molecule has 1 amide bonds. The first-order valence-electron chi connectivity index (χ1n) is 8.00. The number of amides is 1. The molecule has 3 aromatic rings. The topological polar surface area (TPSA) is 70.7 Å². The summed E-state index contributed by atoms with van der Waals surface area (Å²) in [7, 11) is 0. The van der Waals surface area contributed by atoms with Crippen LogP contribution in [0.3, 0.4) is 0 Å². The molecule has 134 valence electrons. The quantitative estimate of drug-likeness (QED) is 0.554. The Morgan fingerprint density at radius 2 is 2.00 bits per heavy atom. The van der Waals surface area contributed by atoms with Gasteiger partial charge in [0.05, 0.1) is 18.4 Å². The van der Waals surface area contributed by atoms with Crippen molar-refractivity contribution in [3.05, 3.63) is 89.3 Å². The smallest absolute Gasteiger partial charge is 0.266 e. The van der Waals surface area contributed by atoms with Crippen molar-refractivity contribution >= 4 is 17.7 Å². The second-order valence-electron chi connectivity index (χ2n) is 5.70. The largest absolute Gasteiger partial charge is 0.319 e. The molecule has 1 aromatic heterocycles. The first-order valence-corrected chi connectivity index (χ1v) is 8.00. The number of halogens is 2. The van der Waals surface area contributed by atoms with Crippen molar-refractivity contribution in [2.24, 2.45) is 0 Å². The summed E-state index contributed by atoms with van der Waals surface area (Å²) < 4.78 is 28.2. The molecule has 5 nitrogen and oxygen atoms in total.